The minimum Gasteiger partial charge on any atom is -0.481 e. The van der Waals surface area contributed by atoms with E-state index < -0.39 is 6.10 Å². The minimum absolute atomic E-state index is 0.226. The third kappa shape index (κ3) is 5.41. The highest BCUT2D eigenvalue weighted by atomic mass is 32.1. The third-order valence-electron chi connectivity index (χ3n) is 4.28. The van der Waals surface area contributed by atoms with Gasteiger partial charge >= 0.3 is 0 Å². The Labute approximate surface area is 169 Å². The second-order valence-electron chi connectivity index (χ2n) is 6.54. The van der Waals surface area contributed by atoms with Crippen LogP contribution in [0.1, 0.15) is 18.1 Å². The van der Waals surface area contributed by atoms with Gasteiger partial charge in [-0.15, -0.1) is 11.3 Å². The van der Waals surface area contributed by atoms with Gasteiger partial charge in [-0.3, -0.25) is 10.1 Å². The summed E-state index contributed by atoms with van der Waals surface area (Å²) >= 11 is 1.40. The van der Waals surface area contributed by atoms with Crippen molar-refractivity contribution in [1.82, 2.24) is 4.98 Å². The maximum atomic E-state index is 12.4. The van der Waals surface area contributed by atoms with Crippen LogP contribution in [0.2, 0.25) is 0 Å². The van der Waals surface area contributed by atoms with Gasteiger partial charge in [0.2, 0.25) is 0 Å². The van der Waals surface area contributed by atoms with Gasteiger partial charge in [0.05, 0.1) is 12.3 Å². The number of anilines is 1. The molecule has 6 heteroatoms. The van der Waals surface area contributed by atoms with Crippen LogP contribution in [0.5, 0.6) is 5.75 Å². The molecule has 0 fully saturated rings. The van der Waals surface area contributed by atoms with Gasteiger partial charge in [0.25, 0.3) is 5.91 Å². The molecule has 2 aromatic carbocycles. The zero-order chi connectivity index (χ0) is 19.9. The number of carbonyl (C=O) groups excluding carboxylic acids is 1. The van der Waals surface area contributed by atoms with E-state index in [-0.39, 0.29) is 5.91 Å². The number of aromatic nitrogens is 1. The molecule has 0 aliphatic rings. The molecule has 5 nitrogen and oxygen atoms in total. The summed E-state index contributed by atoms with van der Waals surface area (Å²) in [5.41, 5.74) is 4.22. The minimum atomic E-state index is -0.616. The first-order chi connectivity index (χ1) is 13.5. The Morgan fingerprint density at radius 2 is 1.86 bits per heavy atom. The van der Waals surface area contributed by atoms with Crippen LogP contribution in [0.15, 0.2) is 53.9 Å². The number of amides is 1. The lowest BCUT2D eigenvalue weighted by Gasteiger charge is -2.13. The molecule has 1 heterocycles. The fourth-order valence-electron chi connectivity index (χ4n) is 2.61. The van der Waals surface area contributed by atoms with Crippen molar-refractivity contribution < 1.29 is 14.3 Å². The van der Waals surface area contributed by atoms with Gasteiger partial charge in [-0.05, 0) is 38.0 Å². The summed E-state index contributed by atoms with van der Waals surface area (Å²) in [7, 11) is 1.70. The number of nitrogens with zero attached hydrogens (tertiary/aromatic N) is 1. The van der Waals surface area contributed by atoms with E-state index in [9.17, 15) is 4.79 Å². The third-order valence-corrected chi connectivity index (χ3v) is 5.04. The van der Waals surface area contributed by atoms with Gasteiger partial charge in [-0.2, -0.15) is 0 Å². The molecule has 0 spiro atoms. The molecule has 0 saturated heterocycles. The summed E-state index contributed by atoms with van der Waals surface area (Å²) in [5.74, 6) is 0.443. The van der Waals surface area contributed by atoms with Gasteiger partial charge in [-0.1, -0.05) is 42.0 Å². The Kier molecular flexibility index (Phi) is 6.79. The molecule has 0 aliphatic heterocycles. The second kappa shape index (κ2) is 9.48. The maximum Gasteiger partial charge on any atom is 0.266 e. The van der Waals surface area contributed by atoms with E-state index in [0.29, 0.717) is 17.5 Å². The lowest BCUT2D eigenvalue weighted by atomic mass is 10.1. The molecule has 1 atom stereocenters. The lowest BCUT2D eigenvalue weighted by Crippen LogP contribution is -2.30. The molecule has 3 aromatic rings. The number of carbonyl (C=O) groups is 1. The van der Waals surface area contributed by atoms with E-state index in [1.807, 2.05) is 48.7 Å². The number of benzene rings is 2. The predicted molar refractivity (Wildman–Crippen MR) is 113 cm³/mol. The fraction of sp³-hybridized carbons (Fsp3) is 0.273. The number of hydrogen-bond donors (Lipinski definition) is 1. The number of methoxy groups -OCH3 is 1. The standard InChI is InChI=1S/C22H24N2O3S/c1-15-4-10-19(11-5-15)27-16(2)21(25)24-22-23-20(14-28-22)18-8-6-17(7-9-18)12-13-26-3/h4-11,14,16H,12-13H2,1-3H3,(H,23,24,25)/t16-/m0/s1. The van der Waals surface area contributed by atoms with Crippen molar-refractivity contribution in [1.29, 1.82) is 0 Å². The van der Waals surface area contributed by atoms with E-state index in [1.165, 1.54) is 16.9 Å². The Morgan fingerprint density at radius 1 is 1.14 bits per heavy atom. The van der Waals surface area contributed by atoms with Crippen molar-refractivity contribution in [3.63, 3.8) is 0 Å². The Balaban J connectivity index is 1.58. The fourth-order valence-corrected chi connectivity index (χ4v) is 3.33. The Bertz CT molecular complexity index is 904. The van der Waals surface area contributed by atoms with E-state index in [4.69, 9.17) is 9.47 Å². The van der Waals surface area contributed by atoms with Crippen molar-refractivity contribution in [3.8, 4) is 17.0 Å². The summed E-state index contributed by atoms with van der Waals surface area (Å²) in [6.45, 7) is 4.44. The molecule has 0 unspecified atom stereocenters. The molecule has 1 aromatic heterocycles. The van der Waals surface area contributed by atoms with Crippen LogP contribution in [0.3, 0.4) is 0 Å². The summed E-state index contributed by atoms with van der Waals surface area (Å²) < 4.78 is 10.8. The smallest absolute Gasteiger partial charge is 0.266 e. The molecule has 0 aliphatic carbocycles. The topological polar surface area (TPSA) is 60.5 Å². The van der Waals surface area contributed by atoms with Crippen LogP contribution >= 0.6 is 11.3 Å². The lowest BCUT2D eigenvalue weighted by molar-refractivity contribution is -0.122. The van der Waals surface area contributed by atoms with Crippen LogP contribution in [0, 0.1) is 6.92 Å². The first-order valence-electron chi connectivity index (χ1n) is 9.13. The molecular weight excluding hydrogens is 372 g/mol. The van der Waals surface area contributed by atoms with Crippen molar-refractivity contribution >= 4 is 22.4 Å². The first kappa shape index (κ1) is 20.0. The highest BCUT2D eigenvalue weighted by molar-refractivity contribution is 7.14. The number of hydrogen-bond acceptors (Lipinski definition) is 5. The van der Waals surface area contributed by atoms with Crippen LogP contribution in [-0.2, 0) is 16.0 Å². The van der Waals surface area contributed by atoms with Crippen LogP contribution < -0.4 is 10.1 Å². The quantitative estimate of drug-likeness (QED) is 0.599. The molecular formula is C22H24N2O3S. The summed E-state index contributed by atoms with van der Waals surface area (Å²) in [6, 6.07) is 15.8. The predicted octanol–water partition coefficient (Wildman–Crippen LogP) is 4.71. The van der Waals surface area contributed by atoms with Gasteiger partial charge in [0.1, 0.15) is 5.75 Å². The van der Waals surface area contributed by atoms with Crippen molar-refractivity contribution in [3.05, 3.63) is 65.0 Å². The van der Waals surface area contributed by atoms with Crippen molar-refractivity contribution in [2.45, 2.75) is 26.4 Å². The second-order valence-corrected chi connectivity index (χ2v) is 7.40. The first-order valence-corrected chi connectivity index (χ1v) is 10.0. The molecule has 28 heavy (non-hydrogen) atoms. The number of ether oxygens (including phenoxy) is 2. The number of rotatable bonds is 8. The van der Waals surface area contributed by atoms with Crippen LogP contribution in [0.4, 0.5) is 5.13 Å². The largest absolute Gasteiger partial charge is 0.481 e. The monoisotopic (exact) mass is 396 g/mol. The molecule has 0 radical (unpaired) electrons. The zero-order valence-electron chi connectivity index (χ0n) is 16.3. The Morgan fingerprint density at radius 3 is 2.54 bits per heavy atom. The molecule has 0 saturated carbocycles. The van der Waals surface area contributed by atoms with Gasteiger partial charge in [-0.25, -0.2) is 4.98 Å². The summed E-state index contributed by atoms with van der Waals surface area (Å²) in [4.78, 5) is 16.9. The average molecular weight is 397 g/mol. The molecule has 1 N–H and O–H groups in total. The van der Waals surface area contributed by atoms with E-state index in [2.05, 4.69) is 22.4 Å². The Hall–Kier alpha value is -2.70. The molecule has 0 bridgehead atoms. The van der Waals surface area contributed by atoms with Gasteiger partial charge in [0.15, 0.2) is 11.2 Å². The van der Waals surface area contributed by atoms with Gasteiger partial charge < -0.3 is 9.47 Å². The zero-order valence-corrected chi connectivity index (χ0v) is 17.1. The summed E-state index contributed by atoms with van der Waals surface area (Å²) in [6.07, 6.45) is 0.267. The average Bonchev–Trinajstić information content (AvgIpc) is 3.17. The molecule has 1 amide bonds. The van der Waals surface area contributed by atoms with Crippen LogP contribution in [-0.4, -0.2) is 30.7 Å². The van der Waals surface area contributed by atoms with E-state index >= 15 is 0 Å². The summed E-state index contributed by atoms with van der Waals surface area (Å²) in [5, 5.41) is 5.32. The van der Waals surface area contributed by atoms with E-state index in [0.717, 1.165) is 23.2 Å². The van der Waals surface area contributed by atoms with E-state index in [1.54, 1.807) is 14.0 Å². The normalized spacial score (nSPS) is 11.8. The van der Waals surface area contributed by atoms with Crippen LogP contribution in [0.25, 0.3) is 11.3 Å². The molecule has 146 valence electrons. The number of aryl methyl sites for hydroxylation is 1. The van der Waals surface area contributed by atoms with Gasteiger partial charge in [0, 0.05) is 18.1 Å². The maximum absolute atomic E-state index is 12.4. The highest BCUT2D eigenvalue weighted by Gasteiger charge is 2.16. The van der Waals surface area contributed by atoms with Crippen molar-refractivity contribution in [2.24, 2.45) is 0 Å². The number of thiazole rings is 1. The number of nitrogens with one attached hydrogen (secondary N) is 1. The molecule has 3 rings (SSSR count). The van der Waals surface area contributed by atoms with Crippen molar-refractivity contribution in [2.75, 3.05) is 19.0 Å². The highest BCUT2D eigenvalue weighted by Crippen LogP contribution is 2.25. The SMILES string of the molecule is COCCc1ccc(-c2csc(NC(=O)[C@H](C)Oc3ccc(C)cc3)n2)cc1.